The summed E-state index contributed by atoms with van der Waals surface area (Å²) in [6.45, 7) is 4.45. The Morgan fingerprint density at radius 3 is 2.73 bits per heavy atom. The van der Waals surface area contributed by atoms with Crippen molar-refractivity contribution in [1.82, 2.24) is 0 Å². The highest BCUT2D eigenvalue weighted by molar-refractivity contribution is 8.00. The number of hydrogen-bond donors (Lipinski definition) is 1. The molecule has 0 bridgehead atoms. The molecule has 0 amide bonds. The summed E-state index contributed by atoms with van der Waals surface area (Å²) in [4.78, 5) is 1.30. The van der Waals surface area contributed by atoms with Crippen molar-refractivity contribution < 1.29 is 4.74 Å². The third-order valence-corrected chi connectivity index (χ3v) is 4.62. The number of benzene rings is 1. The van der Waals surface area contributed by atoms with E-state index in [1.54, 1.807) is 7.11 Å². The lowest BCUT2D eigenvalue weighted by Gasteiger charge is -2.33. The molecule has 15 heavy (non-hydrogen) atoms. The van der Waals surface area contributed by atoms with Crippen LogP contribution in [0.1, 0.15) is 25.5 Å². The van der Waals surface area contributed by atoms with Gasteiger partial charge in [0.2, 0.25) is 0 Å². The standard InChI is InChI=1S/C12H17NOS/c1-7-8(2)15-11-5-4-9(14-3)6-10(11)12(7)13/h4-8,12H,13H2,1-3H3. The Morgan fingerprint density at radius 1 is 1.33 bits per heavy atom. The Hall–Kier alpha value is -0.670. The van der Waals surface area contributed by atoms with Crippen LogP contribution in [-0.2, 0) is 0 Å². The molecule has 3 atom stereocenters. The van der Waals surface area contributed by atoms with Crippen LogP contribution in [0.15, 0.2) is 23.1 Å². The topological polar surface area (TPSA) is 35.2 Å². The Morgan fingerprint density at radius 2 is 2.07 bits per heavy atom. The second-order valence-corrected chi connectivity index (χ2v) is 5.53. The van der Waals surface area contributed by atoms with Crippen LogP contribution in [0, 0.1) is 5.92 Å². The molecule has 3 unspecified atom stereocenters. The minimum absolute atomic E-state index is 0.131. The molecule has 1 aromatic carbocycles. The molecule has 3 heteroatoms. The number of ether oxygens (including phenoxy) is 1. The summed E-state index contributed by atoms with van der Waals surface area (Å²) >= 11 is 1.91. The summed E-state index contributed by atoms with van der Waals surface area (Å²) in [5, 5.41) is 0.584. The highest BCUT2D eigenvalue weighted by atomic mass is 32.2. The van der Waals surface area contributed by atoms with Crippen LogP contribution in [0.2, 0.25) is 0 Å². The second-order valence-electron chi connectivity index (χ2n) is 4.11. The number of methoxy groups -OCH3 is 1. The fraction of sp³-hybridized carbons (Fsp3) is 0.500. The van der Waals surface area contributed by atoms with Gasteiger partial charge < -0.3 is 10.5 Å². The number of rotatable bonds is 1. The van der Waals surface area contributed by atoms with E-state index in [2.05, 4.69) is 26.0 Å². The molecule has 0 spiro atoms. The normalized spacial score (nSPS) is 29.7. The van der Waals surface area contributed by atoms with Gasteiger partial charge in [-0.1, -0.05) is 13.8 Å². The van der Waals surface area contributed by atoms with Gasteiger partial charge in [-0.05, 0) is 29.7 Å². The first-order valence-corrected chi connectivity index (χ1v) is 6.11. The van der Waals surface area contributed by atoms with Gasteiger partial charge in [0.15, 0.2) is 0 Å². The largest absolute Gasteiger partial charge is 0.497 e. The SMILES string of the molecule is COc1ccc2c(c1)C(N)C(C)C(C)S2. The third kappa shape index (κ3) is 1.86. The van der Waals surface area contributed by atoms with Crippen molar-refractivity contribution in [3.8, 4) is 5.75 Å². The average molecular weight is 223 g/mol. The zero-order valence-corrected chi connectivity index (χ0v) is 10.2. The molecule has 1 heterocycles. The summed E-state index contributed by atoms with van der Waals surface area (Å²) in [7, 11) is 1.69. The van der Waals surface area contributed by atoms with Crippen molar-refractivity contribution in [3.63, 3.8) is 0 Å². The Labute approximate surface area is 95.2 Å². The van der Waals surface area contributed by atoms with Crippen LogP contribution in [-0.4, -0.2) is 12.4 Å². The van der Waals surface area contributed by atoms with E-state index in [-0.39, 0.29) is 6.04 Å². The molecular formula is C12H17NOS. The van der Waals surface area contributed by atoms with Gasteiger partial charge in [0, 0.05) is 16.2 Å². The Balaban J connectivity index is 2.42. The summed E-state index contributed by atoms with van der Waals surface area (Å²) in [6.07, 6.45) is 0. The van der Waals surface area contributed by atoms with Gasteiger partial charge in [-0.2, -0.15) is 0 Å². The molecule has 0 saturated heterocycles. The molecule has 0 radical (unpaired) electrons. The van der Waals surface area contributed by atoms with E-state index in [0.29, 0.717) is 11.2 Å². The van der Waals surface area contributed by atoms with Crippen molar-refractivity contribution in [2.24, 2.45) is 11.7 Å². The van der Waals surface area contributed by atoms with E-state index >= 15 is 0 Å². The first kappa shape index (κ1) is 10.8. The molecule has 0 fully saturated rings. The lowest BCUT2D eigenvalue weighted by atomic mass is 9.92. The summed E-state index contributed by atoms with van der Waals surface area (Å²) in [5.41, 5.74) is 7.46. The molecule has 2 N–H and O–H groups in total. The zero-order valence-electron chi connectivity index (χ0n) is 9.36. The number of nitrogens with two attached hydrogens (primary N) is 1. The van der Waals surface area contributed by atoms with Crippen molar-refractivity contribution >= 4 is 11.8 Å². The first-order valence-electron chi connectivity index (χ1n) is 5.23. The molecule has 1 aliphatic heterocycles. The van der Waals surface area contributed by atoms with E-state index in [4.69, 9.17) is 10.5 Å². The smallest absolute Gasteiger partial charge is 0.119 e. The lowest BCUT2D eigenvalue weighted by Crippen LogP contribution is -2.29. The molecule has 0 aromatic heterocycles. The van der Waals surface area contributed by atoms with Crippen molar-refractivity contribution in [3.05, 3.63) is 23.8 Å². The van der Waals surface area contributed by atoms with Crippen LogP contribution < -0.4 is 10.5 Å². The Kier molecular flexibility index (Phi) is 2.94. The summed E-state index contributed by atoms with van der Waals surface area (Å²) in [6, 6.07) is 6.31. The quantitative estimate of drug-likeness (QED) is 0.795. The van der Waals surface area contributed by atoms with E-state index in [0.717, 1.165) is 5.75 Å². The van der Waals surface area contributed by atoms with Crippen LogP contribution in [0.25, 0.3) is 0 Å². The van der Waals surface area contributed by atoms with Crippen molar-refractivity contribution in [2.45, 2.75) is 30.0 Å². The van der Waals surface area contributed by atoms with Crippen LogP contribution in [0.5, 0.6) is 5.75 Å². The maximum absolute atomic E-state index is 6.23. The van der Waals surface area contributed by atoms with Gasteiger partial charge in [0.25, 0.3) is 0 Å². The molecule has 82 valence electrons. The molecule has 1 aliphatic rings. The van der Waals surface area contributed by atoms with E-state index < -0.39 is 0 Å². The summed E-state index contributed by atoms with van der Waals surface area (Å²) < 4.78 is 5.23. The minimum Gasteiger partial charge on any atom is -0.497 e. The van der Waals surface area contributed by atoms with E-state index in [1.807, 2.05) is 17.8 Å². The lowest BCUT2D eigenvalue weighted by molar-refractivity contribution is 0.408. The molecule has 0 saturated carbocycles. The van der Waals surface area contributed by atoms with Crippen molar-refractivity contribution in [1.29, 1.82) is 0 Å². The average Bonchev–Trinajstić information content (AvgIpc) is 2.26. The number of thioether (sulfide) groups is 1. The fourth-order valence-electron chi connectivity index (χ4n) is 1.90. The zero-order chi connectivity index (χ0) is 11.0. The fourth-order valence-corrected chi connectivity index (χ4v) is 3.17. The van der Waals surface area contributed by atoms with Crippen LogP contribution >= 0.6 is 11.8 Å². The predicted molar refractivity (Wildman–Crippen MR) is 64.4 cm³/mol. The van der Waals surface area contributed by atoms with E-state index in [1.165, 1.54) is 10.5 Å². The molecule has 2 nitrogen and oxygen atoms in total. The highest BCUT2D eigenvalue weighted by Gasteiger charge is 2.29. The third-order valence-electron chi connectivity index (χ3n) is 3.20. The monoisotopic (exact) mass is 223 g/mol. The number of fused-ring (bicyclic) bond motifs is 1. The van der Waals surface area contributed by atoms with Crippen molar-refractivity contribution in [2.75, 3.05) is 7.11 Å². The van der Waals surface area contributed by atoms with Gasteiger partial charge in [-0.3, -0.25) is 0 Å². The van der Waals surface area contributed by atoms with Gasteiger partial charge in [-0.15, -0.1) is 11.8 Å². The summed E-state index contributed by atoms with van der Waals surface area (Å²) in [5.74, 6) is 1.40. The first-order chi connectivity index (χ1) is 7.13. The van der Waals surface area contributed by atoms with Crippen LogP contribution in [0.4, 0.5) is 0 Å². The van der Waals surface area contributed by atoms with Gasteiger partial charge in [0.05, 0.1) is 7.11 Å². The van der Waals surface area contributed by atoms with Gasteiger partial charge in [0.1, 0.15) is 5.75 Å². The number of hydrogen-bond acceptors (Lipinski definition) is 3. The highest BCUT2D eigenvalue weighted by Crippen LogP contribution is 2.43. The van der Waals surface area contributed by atoms with Crippen LogP contribution in [0.3, 0.4) is 0 Å². The maximum atomic E-state index is 6.23. The minimum atomic E-state index is 0.131. The van der Waals surface area contributed by atoms with Gasteiger partial charge >= 0.3 is 0 Å². The molecule has 2 rings (SSSR count). The maximum Gasteiger partial charge on any atom is 0.119 e. The second kappa shape index (κ2) is 4.06. The Bertz CT molecular complexity index is 367. The van der Waals surface area contributed by atoms with Gasteiger partial charge in [-0.25, -0.2) is 0 Å². The molecule has 1 aromatic rings. The molecular weight excluding hydrogens is 206 g/mol. The van der Waals surface area contributed by atoms with E-state index in [9.17, 15) is 0 Å². The molecule has 0 aliphatic carbocycles. The predicted octanol–water partition coefficient (Wildman–Crippen LogP) is 2.83.